The number of rotatable bonds is 3. The molecular weight excluding hydrogens is 362 g/mol. The lowest BCUT2D eigenvalue weighted by molar-refractivity contribution is -0.174. The zero-order chi connectivity index (χ0) is 19.0. The average molecular weight is 383 g/mol. The molecule has 2 atom stereocenters. The number of fused-ring (bicyclic) bond motifs is 1. The second-order valence-electron chi connectivity index (χ2n) is 7.32. The van der Waals surface area contributed by atoms with Crippen molar-refractivity contribution < 1.29 is 17.6 Å². The number of alkyl halides is 3. The molecule has 0 saturated carbocycles. The number of likely N-dealkylation sites (tertiary alicyclic amines) is 1. The summed E-state index contributed by atoms with van der Waals surface area (Å²) in [6.45, 7) is 2.22. The van der Waals surface area contributed by atoms with Crippen molar-refractivity contribution in [1.29, 1.82) is 0 Å². The van der Waals surface area contributed by atoms with Gasteiger partial charge in [-0.05, 0) is 56.0 Å². The number of benzene rings is 1. The van der Waals surface area contributed by atoms with Crippen LogP contribution >= 0.6 is 0 Å². The molecule has 2 aromatic rings. The van der Waals surface area contributed by atoms with E-state index < -0.39 is 12.2 Å². The molecule has 9 heteroatoms. The molecule has 0 unspecified atom stereocenters. The number of anilines is 1. The van der Waals surface area contributed by atoms with Crippen molar-refractivity contribution in [3.8, 4) is 0 Å². The molecule has 2 aliphatic heterocycles. The van der Waals surface area contributed by atoms with Crippen molar-refractivity contribution in [2.24, 2.45) is 5.92 Å². The molecule has 4 rings (SSSR count). The highest BCUT2D eigenvalue weighted by atomic mass is 19.4. The van der Waals surface area contributed by atoms with Crippen LogP contribution < -0.4 is 5.32 Å². The Morgan fingerprint density at radius 1 is 1.19 bits per heavy atom. The van der Waals surface area contributed by atoms with Gasteiger partial charge in [0.1, 0.15) is 12.1 Å². The van der Waals surface area contributed by atoms with Gasteiger partial charge in [0, 0.05) is 12.6 Å². The van der Waals surface area contributed by atoms with E-state index in [4.69, 9.17) is 0 Å². The summed E-state index contributed by atoms with van der Waals surface area (Å²) in [4.78, 5) is 6.16. The Hall–Kier alpha value is -2.16. The smallest absolute Gasteiger partial charge is 0.351 e. The molecule has 0 bridgehead atoms. The van der Waals surface area contributed by atoms with Gasteiger partial charge in [-0.2, -0.15) is 23.3 Å². The summed E-state index contributed by atoms with van der Waals surface area (Å²) in [5.41, 5.74) is 0.912. The molecule has 0 radical (unpaired) electrons. The molecule has 27 heavy (non-hydrogen) atoms. The van der Waals surface area contributed by atoms with Crippen molar-refractivity contribution in [3.63, 3.8) is 0 Å². The van der Waals surface area contributed by atoms with E-state index >= 15 is 0 Å². The van der Waals surface area contributed by atoms with Crippen molar-refractivity contribution in [2.45, 2.75) is 44.1 Å². The van der Waals surface area contributed by atoms with E-state index in [2.05, 4.69) is 20.3 Å². The Morgan fingerprint density at radius 3 is 2.67 bits per heavy atom. The molecule has 3 heterocycles. The fraction of sp³-hybridized carbons (Fsp3) is 0.556. The van der Waals surface area contributed by atoms with Crippen molar-refractivity contribution in [3.05, 3.63) is 42.0 Å². The van der Waals surface area contributed by atoms with Crippen LogP contribution in [0.5, 0.6) is 0 Å². The third kappa shape index (κ3) is 3.92. The minimum Gasteiger partial charge on any atom is -0.351 e. The number of piperidine rings is 1. The summed E-state index contributed by atoms with van der Waals surface area (Å²) in [5, 5.41) is 6.88. The largest absolute Gasteiger partial charge is 0.411 e. The monoisotopic (exact) mass is 383 g/mol. The van der Waals surface area contributed by atoms with Crippen LogP contribution in [-0.4, -0.2) is 45.0 Å². The van der Waals surface area contributed by atoms with E-state index in [9.17, 15) is 17.6 Å². The van der Waals surface area contributed by atoms with Gasteiger partial charge in [0.15, 0.2) is 6.04 Å². The van der Waals surface area contributed by atoms with E-state index in [-0.39, 0.29) is 30.1 Å². The fourth-order valence-electron chi connectivity index (χ4n) is 4.14. The zero-order valence-corrected chi connectivity index (χ0v) is 14.7. The number of aromatic nitrogens is 3. The predicted molar refractivity (Wildman–Crippen MR) is 91.5 cm³/mol. The van der Waals surface area contributed by atoms with Crippen LogP contribution in [0.4, 0.5) is 23.5 Å². The summed E-state index contributed by atoms with van der Waals surface area (Å²) < 4.78 is 54.5. The Balaban J connectivity index is 1.38. The molecule has 0 spiro atoms. The zero-order valence-electron chi connectivity index (χ0n) is 14.7. The topological polar surface area (TPSA) is 46.0 Å². The maximum atomic E-state index is 13.4. The molecular formula is C18H21F4N5. The van der Waals surface area contributed by atoms with Crippen molar-refractivity contribution in [1.82, 2.24) is 19.7 Å². The Morgan fingerprint density at radius 2 is 1.96 bits per heavy atom. The second kappa shape index (κ2) is 7.10. The second-order valence-corrected chi connectivity index (χ2v) is 7.32. The molecule has 146 valence electrons. The molecule has 1 N–H and O–H groups in total. The molecule has 1 aromatic carbocycles. The van der Waals surface area contributed by atoms with E-state index in [0.717, 1.165) is 42.5 Å². The summed E-state index contributed by atoms with van der Waals surface area (Å²) in [7, 11) is 0. The van der Waals surface area contributed by atoms with Gasteiger partial charge < -0.3 is 5.32 Å². The first-order valence-electron chi connectivity index (χ1n) is 9.10. The molecule has 0 aliphatic carbocycles. The van der Waals surface area contributed by atoms with Gasteiger partial charge in [0.05, 0.1) is 0 Å². The summed E-state index contributed by atoms with van der Waals surface area (Å²) >= 11 is 0. The van der Waals surface area contributed by atoms with Crippen LogP contribution in [0.1, 0.15) is 30.9 Å². The number of halogens is 4. The van der Waals surface area contributed by atoms with Crippen molar-refractivity contribution in [2.75, 3.05) is 18.4 Å². The van der Waals surface area contributed by atoms with E-state index in [1.165, 1.54) is 12.1 Å². The Bertz CT molecular complexity index is 782. The number of hydrogen-bond acceptors (Lipinski definition) is 4. The lowest BCUT2D eigenvalue weighted by Gasteiger charge is -2.40. The van der Waals surface area contributed by atoms with Gasteiger partial charge in [-0.25, -0.2) is 9.07 Å². The normalized spacial score (nSPS) is 24.4. The lowest BCUT2D eigenvalue weighted by Crippen LogP contribution is -2.46. The third-order valence-electron chi connectivity index (χ3n) is 5.53. The van der Waals surface area contributed by atoms with Crippen LogP contribution in [0.25, 0.3) is 0 Å². The van der Waals surface area contributed by atoms with Gasteiger partial charge >= 0.3 is 6.18 Å². The highest BCUT2D eigenvalue weighted by Crippen LogP contribution is 2.41. The molecule has 1 aromatic heterocycles. The van der Waals surface area contributed by atoms with E-state index in [1.54, 1.807) is 6.07 Å². The highest BCUT2D eigenvalue weighted by Gasteiger charge is 2.47. The minimum absolute atomic E-state index is 0.0333. The maximum absolute atomic E-state index is 13.4. The molecule has 1 saturated heterocycles. The van der Waals surface area contributed by atoms with Crippen LogP contribution in [0.15, 0.2) is 30.6 Å². The minimum atomic E-state index is -4.35. The first kappa shape index (κ1) is 18.2. The average Bonchev–Trinajstić information content (AvgIpc) is 3.09. The first-order chi connectivity index (χ1) is 12.9. The van der Waals surface area contributed by atoms with Crippen LogP contribution in [0, 0.1) is 11.7 Å². The standard InChI is InChI=1S/C18H21F4N5/c19-14-3-1-2-12(8-14)10-26-6-4-13(5-7-26)15-9-16(18(20,21)22)27-17(25-15)23-11-24-27/h1-3,8,11,13,15-16H,4-7,9-10H2,(H,23,24,25)/t15-,16+/m0/s1. The quantitative estimate of drug-likeness (QED) is 0.823. The highest BCUT2D eigenvalue weighted by molar-refractivity contribution is 5.30. The number of hydrogen-bond donors (Lipinski definition) is 1. The summed E-state index contributed by atoms with van der Waals surface area (Å²) in [6.07, 6.45) is -1.63. The third-order valence-corrected chi connectivity index (χ3v) is 5.53. The molecule has 2 aliphatic rings. The van der Waals surface area contributed by atoms with Gasteiger partial charge in [0.2, 0.25) is 5.95 Å². The molecule has 5 nitrogen and oxygen atoms in total. The number of nitrogens with zero attached hydrogens (tertiary/aromatic N) is 4. The van der Waals surface area contributed by atoms with Crippen LogP contribution in [-0.2, 0) is 6.54 Å². The summed E-state index contributed by atoms with van der Waals surface area (Å²) in [6, 6.07) is 4.61. The Labute approximate surface area is 154 Å². The van der Waals surface area contributed by atoms with E-state index in [1.807, 2.05) is 6.07 Å². The van der Waals surface area contributed by atoms with Crippen molar-refractivity contribution >= 4 is 5.95 Å². The predicted octanol–water partition coefficient (Wildman–Crippen LogP) is 3.62. The molecule has 1 fully saturated rings. The fourth-order valence-corrected chi connectivity index (χ4v) is 4.14. The maximum Gasteiger partial charge on any atom is 0.411 e. The first-order valence-corrected chi connectivity index (χ1v) is 9.10. The van der Waals surface area contributed by atoms with Crippen LogP contribution in [0.2, 0.25) is 0 Å². The van der Waals surface area contributed by atoms with Gasteiger partial charge in [-0.15, -0.1) is 0 Å². The lowest BCUT2D eigenvalue weighted by atomic mass is 9.85. The van der Waals surface area contributed by atoms with E-state index in [0.29, 0.717) is 6.54 Å². The number of nitrogens with one attached hydrogen (secondary N) is 1. The molecule has 0 amide bonds. The van der Waals surface area contributed by atoms with Gasteiger partial charge in [-0.1, -0.05) is 12.1 Å². The van der Waals surface area contributed by atoms with Gasteiger partial charge in [0.25, 0.3) is 0 Å². The SMILES string of the molecule is Fc1cccc(CN2CCC([C@@H]3C[C@H](C(F)(F)F)n4ncnc4N3)CC2)c1. The summed E-state index contributed by atoms with van der Waals surface area (Å²) in [5.74, 6) is 0.0796. The van der Waals surface area contributed by atoms with Gasteiger partial charge in [-0.3, -0.25) is 4.90 Å². The Kier molecular flexibility index (Phi) is 4.79. The van der Waals surface area contributed by atoms with Crippen LogP contribution in [0.3, 0.4) is 0 Å².